The lowest BCUT2D eigenvalue weighted by Gasteiger charge is -2.21. The number of nitrogens with two attached hydrogens (primary N) is 1. The van der Waals surface area contributed by atoms with Gasteiger partial charge in [0.15, 0.2) is 0 Å². The van der Waals surface area contributed by atoms with E-state index in [0.29, 0.717) is 0 Å². The molecule has 0 amide bonds. The second kappa shape index (κ2) is 5.21. The number of aliphatic hydroxyl groups excluding tert-OH is 1. The van der Waals surface area contributed by atoms with E-state index in [-0.39, 0.29) is 18.8 Å². The fourth-order valence-corrected chi connectivity index (χ4v) is 2.50. The molecule has 1 rings (SSSR count). The lowest BCUT2D eigenvalue weighted by molar-refractivity contribution is 0.163. The Morgan fingerprint density at radius 1 is 1.44 bits per heavy atom. The predicted molar refractivity (Wildman–Crippen MR) is 66.9 cm³/mol. The summed E-state index contributed by atoms with van der Waals surface area (Å²) in [5, 5.41) is 9.03. The third-order valence-electron chi connectivity index (χ3n) is 2.41. The minimum Gasteiger partial charge on any atom is -0.399 e. The van der Waals surface area contributed by atoms with Gasteiger partial charge in [0.25, 0.3) is 0 Å². The molecule has 0 unspecified atom stereocenters. The summed E-state index contributed by atoms with van der Waals surface area (Å²) in [4.78, 5) is -0.490. The molecule has 0 spiro atoms. The number of hydrogen-bond donors (Lipinski definition) is 3. The van der Waals surface area contributed by atoms with Crippen molar-refractivity contribution < 1.29 is 17.9 Å². The summed E-state index contributed by atoms with van der Waals surface area (Å²) in [6.45, 7) is 3.19. The van der Waals surface area contributed by atoms with Crippen LogP contribution in [0.5, 0.6) is 0 Å². The predicted octanol–water partition coefficient (Wildman–Crippen LogP) is 0.705. The average Bonchev–Trinajstić information content (AvgIpc) is 2.30. The summed E-state index contributed by atoms with van der Waals surface area (Å²) >= 11 is 0. The van der Waals surface area contributed by atoms with Crippen LogP contribution in [0.25, 0.3) is 0 Å². The zero-order valence-corrected chi connectivity index (χ0v) is 11.1. The number of sulfonamides is 1. The maximum atomic E-state index is 13.4. The third kappa shape index (κ3) is 3.66. The summed E-state index contributed by atoms with van der Waals surface area (Å²) in [5.74, 6) is -0.862. The van der Waals surface area contributed by atoms with E-state index in [4.69, 9.17) is 10.8 Å². The van der Waals surface area contributed by atoms with Gasteiger partial charge >= 0.3 is 0 Å². The van der Waals surface area contributed by atoms with Gasteiger partial charge in [-0.1, -0.05) is 13.8 Å². The van der Waals surface area contributed by atoms with Crippen molar-refractivity contribution in [3.05, 3.63) is 24.0 Å². The van der Waals surface area contributed by atoms with Crippen molar-refractivity contribution in [2.24, 2.45) is 5.41 Å². The van der Waals surface area contributed by atoms with Gasteiger partial charge in [-0.2, -0.15) is 0 Å². The largest absolute Gasteiger partial charge is 0.399 e. The first kappa shape index (κ1) is 14.9. The zero-order chi connectivity index (χ0) is 14.0. The smallest absolute Gasteiger partial charge is 0.243 e. The lowest BCUT2D eigenvalue weighted by atomic mass is 9.96. The van der Waals surface area contributed by atoms with Crippen molar-refractivity contribution in [1.29, 1.82) is 0 Å². The van der Waals surface area contributed by atoms with Crippen LogP contribution in [0.4, 0.5) is 10.1 Å². The van der Waals surface area contributed by atoms with Crippen LogP contribution in [0.2, 0.25) is 0 Å². The van der Waals surface area contributed by atoms with E-state index in [1.165, 1.54) is 6.07 Å². The fourth-order valence-electron chi connectivity index (χ4n) is 1.15. The summed E-state index contributed by atoms with van der Waals surface area (Å²) in [6.07, 6.45) is 0. The van der Waals surface area contributed by atoms with Crippen LogP contribution in [-0.2, 0) is 10.0 Å². The van der Waals surface area contributed by atoms with Crippen LogP contribution in [0.3, 0.4) is 0 Å². The van der Waals surface area contributed by atoms with Gasteiger partial charge in [0.05, 0.1) is 0 Å². The molecule has 0 bridgehead atoms. The van der Waals surface area contributed by atoms with E-state index in [9.17, 15) is 12.8 Å². The number of hydrogen-bond acceptors (Lipinski definition) is 4. The van der Waals surface area contributed by atoms with Gasteiger partial charge in [-0.15, -0.1) is 0 Å². The molecule has 4 N–H and O–H groups in total. The molecular weight excluding hydrogens is 259 g/mol. The molecule has 1 aromatic rings. The Labute approximate surface area is 106 Å². The summed E-state index contributed by atoms with van der Waals surface area (Å²) < 4.78 is 39.5. The Bertz CT molecular complexity index is 529. The molecule has 7 heteroatoms. The molecule has 0 aromatic heterocycles. The van der Waals surface area contributed by atoms with E-state index in [0.717, 1.165) is 12.1 Å². The molecule has 18 heavy (non-hydrogen) atoms. The monoisotopic (exact) mass is 276 g/mol. The Morgan fingerprint density at radius 3 is 2.61 bits per heavy atom. The van der Waals surface area contributed by atoms with Gasteiger partial charge in [-0.3, -0.25) is 0 Å². The highest BCUT2D eigenvalue weighted by molar-refractivity contribution is 7.89. The molecule has 0 aliphatic carbocycles. The van der Waals surface area contributed by atoms with Gasteiger partial charge in [0.1, 0.15) is 10.7 Å². The number of aliphatic hydroxyl groups is 1. The lowest BCUT2D eigenvalue weighted by Crippen LogP contribution is -2.36. The minimum atomic E-state index is -3.97. The molecule has 0 atom stereocenters. The van der Waals surface area contributed by atoms with Crippen molar-refractivity contribution in [3.63, 3.8) is 0 Å². The van der Waals surface area contributed by atoms with Gasteiger partial charge in [-0.25, -0.2) is 17.5 Å². The Kier molecular flexibility index (Phi) is 4.31. The fraction of sp³-hybridized carbons (Fsp3) is 0.455. The Hall–Kier alpha value is -1.18. The number of benzene rings is 1. The van der Waals surface area contributed by atoms with Crippen molar-refractivity contribution in [2.75, 3.05) is 18.9 Å². The first-order valence-electron chi connectivity index (χ1n) is 5.33. The second-order valence-electron chi connectivity index (χ2n) is 4.84. The van der Waals surface area contributed by atoms with Crippen molar-refractivity contribution in [3.8, 4) is 0 Å². The zero-order valence-electron chi connectivity index (χ0n) is 10.3. The quantitative estimate of drug-likeness (QED) is 0.690. The standard InChI is InChI=1S/C11H17FN2O3S/c1-11(2,7-15)6-14-18(16,17)10-5-8(13)3-4-9(10)12/h3-5,14-15H,6-7,13H2,1-2H3. The van der Waals surface area contributed by atoms with Crippen molar-refractivity contribution in [2.45, 2.75) is 18.7 Å². The molecule has 5 nitrogen and oxygen atoms in total. The third-order valence-corrected chi connectivity index (χ3v) is 3.83. The molecule has 0 saturated heterocycles. The van der Waals surface area contributed by atoms with Crippen LogP contribution in [0.15, 0.2) is 23.1 Å². The molecule has 0 aliphatic rings. The molecule has 0 saturated carbocycles. The topological polar surface area (TPSA) is 92.4 Å². The van der Waals surface area contributed by atoms with Crippen LogP contribution in [-0.4, -0.2) is 26.7 Å². The maximum absolute atomic E-state index is 13.4. The highest BCUT2D eigenvalue weighted by Crippen LogP contribution is 2.19. The molecule has 0 aliphatic heterocycles. The first-order chi connectivity index (χ1) is 8.18. The number of halogens is 1. The van der Waals surface area contributed by atoms with E-state index in [1.54, 1.807) is 13.8 Å². The van der Waals surface area contributed by atoms with Gasteiger partial charge < -0.3 is 10.8 Å². The van der Waals surface area contributed by atoms with Crippen LogP contribution >= 0.6 is 0 Å². The molecular formula is C11H17FN2O3S. The molecule has 102 valence electrons. The molecule has 1 aromatic carbocycles. The van der Waals surface area contributed by atoms with E-state index in [2.05, 4.69) is 4.72 Å². The summed E-state index contributed by atoms with van der Waals surface area (Å²) in [7, 11) is -3.97. The van der Waals surface area contributed by atoms with Gasteiger partial charge in [0.2, 0.25) is 10.0 Å². The minimum absolute atomic E-state index is 0.0000718. The normalized spacial score (nSPS) is 12.7. The van der Waals surface area contributed by atoms with Crippen LogP contribution in [0.1, 0.15) is 13.8 Å². The first-order valence-corrected chi connectivity index (χ1v) is 6.82. The van der Waals surface area contributed by atoms with E-state index in [1.807, 2.05) is 0 Å². The maximum Gasteiger partial charge on any atom is 0.243 e. The SMILES string of the molecule is CC(C)(CO)CNS(=O)(=O)c1cc(N)ccc1F. The molecule has 0 fully saturated rings. The summed E-state index contributed by atoms with van der Waals surface area (Å²) in [6, 6.07) is 3.34. The number of anilines is 1. The Balaban J connectivity index is 2.97. The van der Waals surface area contributed by atoms with E-state index >= 15 is 0 Å². The Morgan fingerprint density at radius 2 is 2.06 bits per heavy atom. The average molecular weight is 276 g/mol. The van der Waals surface area contributed by atoms with Gasteiger partial charge in [0, 0.05) is 24.3 Å². The number of rotatable bonds is 5. The number of nitrogen functional groups attached to an aromatic ring is 1. The molecule has 0 heterocycles. The van der Waals surface area contributed by atoms with Crippen LogP contribution < -0.4 is 10.5 Å². The van der Waals surface area contributed by atoms with Crippen molar-refractivity contribution in [1.82, 2.24) is 4.72 Å². The number of nitrogens with one attached hydrogen (secondary N) is 1. The van der Waals surface area contributed by atoms with E-state index < -0.39 is 26.2 Å². The second-order valence-corrected chi connectivity index (χ2v) is 6.57. The molecule has 0 radical (unpaired) electrons. The highest BCUT2D eigenvalue weighted by atomic mass is 32.2. The van der Waals surface area contributed by atoms with Crippen molar-refractivity contribution >= 4 is 15.7 Å². The highest BCUT2D eigenvalue weighted by Gasteiger charge is 2.24. The van der Waals surface area contributed by atoms with Crippen LogP contribution in [0, 0.1) is 11.2 Å². The summed E-state index contributed by atoms with van der Waals surface area (Å²) in [5.41, 5.74) is 4.98. The van der Waals surface area contributed by atoms with Gasteiger partial charge in [-0.05, 0) is 18.2 Å².